The number of esters is 1. The molecule has 0 spiro atoms. The Morgan fingerprint density at radius 1 is 1.32 bits per heavy atom. The van der Waals surface area contributed by atoms with Crippen molar-refractivity contribution in [1.82, 2.24) is 9.88 Å². The molecule has 2 rings (SSSR count). The topological polar surface area (TPSA) is 60.3 Å². The van der Waals surface area contributed by atoms with Crippen molar-refractivity contribution in [2.75, 3.05) is 13.7 Å². The van der Waals surface area contributed by atoms with Crippen molar-refractivity contribution in [3.05, 3.63) is 48.2 Å². The first-order valence-corrected chi connectivity index (χ1v) is 7.17. The second-order valence-electron chi connectivity index (χ2n) is 5.00. The lowest BCUT2D eigenvalue weighted by atomic mass is 10.1. The summed E-state index contributed by atoms with van der Waals surface area (Å²) in [5, 5.41) is 3.95. The molecule has 0 atom stereocenters. The maximum atomic E-state index is 11.8. The monoisotopic (exact) mass is 300 g/mol. The quantitative estimate of drug-likeness (QED) is 0.657. The molecule has 116 valence electrons. The number of nitrogens with one attached hydrogen (secondary N) is 1. The zero-order chi connectivity index (χ0) is 15.9. The number of ether oxygens (including phenoxy) is 1. The highest BCUT2D eigenvalue weighted by molar-refractivity contribution is 5.84. The lowest BCUT2D eigenvalue weighted by Crippen LogP contribution is -2.24. The summed E-state index contributed by atoms with van der Waals surface area (Å²) in [6, 6.07) is 8.22. The van der Waals surface area contributed by atoms with E-state index in [0.29, 0.717) is 19.5 Å². The second-order valence-corrected chi connectivity index (χ2v) is 5.00. The number of amides is 1. The zero-order valence-electron chi connectivity index (χ0n) is 12.8. The van der Waals surface area contributed by atoms with Crippen LogP contribution >= 0.6 is 0 Å². The first-order chi connectivity index (χ1) is 10.6. The second kappa shape index (κ2) is 7.45. The number of fused-ring (bicyclic) bond motifs is 1. The molecule has 1 amide bonds. The minimum absolute atomic E-state index is 0.0518. The first kappa shape index (κ1) is 15.8. The van der Waals surface area contributed by atoms with Gasteiger partial charge in [-0.15, -0.1) is 0 Å². The van der Waals surface area contributed by atoms with Crippen molar-refractivity contribution in [2.24, 2.45) is 0 Å². The molecule has 0 bridgehead atoms. The summed E-state index contributed by atoms with van der Waals surface area (Å²) >= 11 is 0. The van der Waals surface area contributed by atoms with Gasteiger partial charge in [0, 0.05) is 42.7 Å². The summed E-state index contributed by atoms with van der Waals surface area (Å²) in [7, 11) is 1.31. The molecule has 5 nitrogen and oxygen atoms in total. The number of aromatic nitrogens is 1. The highest BCUT2D eigenvalue weighted by Gasteiger charge is 2.05. The summed E-state index contributed by atoms with van der Waals surface area (Å²) in [4.78, 5) is 22.6. The summed E-state index contributed by atoms with van der Waals surface area (Å²) in [5.41, 5.74) is 2.37. The van der Waals surface area contributed by atoms with Crippen molar-refractivity contribution in [3.63, 3.8) is 0 Å². The average Bonchev–Trinajstić information content (AvgIpc) is 2.94. The van der Waals surface area contributed by atoms with Crippen molar-refractivity contribution in [1.29, 1.82) is 0 Å². The van der Waals surface area contributed by atoms with Crippen LogP contribution in [0, 0.1) is 6.92 Å². The predicted molar refractivity (Wildman–Crippen MR) is 85.5 cm³/mol. The van der Waals surface area contributed by atoms with Gasteiger partial charge in [0.1, 0.15) is 0 Å². The number of benzene rings is 1. The average molecular weight is 300 g/mol. The van der Waals surface area contributed by atoms with Crippen LogP contribution in [-0.2, 0) is 20.9 Å². The fraction of sp³-hybridized carbons (Fsp3) is 0.294. The van der Waals surface area contributed by atoms with Crippen LogP contribution in [0.2, 0.25) is 0 Å². The van der Waals surface area contributed by atoms with Gasteiger partial charge >= 0.3 is 5.97 Å². The standard InChI is InChI=1S/C17H20N2O3/c1-13-5-3-6-15-14(13)8-11-19(15)12-9-16(20)18-10-4-7-17(21)22-2/h3-8,11H,9-10,12H2,1-2H3,(H,18,20)/b7-4+. The van der Waals surface area contributed by atoms with Crippen LogP contribution in [0.5, 0.6) is 0 Å². The number of carbonyl (C=O) groups excluding carboxylic acids is 2. The molecule has 5 heteroatoms. The molecule has 0 aliphatic carbocycles. The Bertz CT molecular complexity index is 701. The highest BCUT2D eigenvalue weighted by atomic mass is 16.5. The van der Waals surface area contributed by atoms with Crippen LogP contribution in [0.1, 0.15) is 12.0 Å². The third-order valence-corrected chi connectivity index (χ3v) is 3.48. The van der Waals surface area contributed by atoms with Crippen LogP contribution < -0.4 is 5.32 Å². The molecule has 22 heavy (non-hydrogen) atoms. The number of rotatable bonds is 6. The van der Waals surface area contributed by atoms with E-state index in [-0.39, 0.29) is 5.91 Å². The Balaban J connectivity index is 1.84. The molecule has 1 heterocycles. The maximum Gasteiger partial charge on any atom is 0.330 e. The number of carbonyl (C=O) groups is 2. The molecular formula is C17H20N2O3. The van der Waals surface area contributed by atoms with Gasteiger partial charge in [0.15, 0.2) is 0 Å². The van der Waals surface area contributed by atoms with E-state index < -0.39 is 5.97 Å². The van der Waals surface area contributed by atoms with Gasteiger partial charge in [0.25, 0.3) is 0 Å². The third kappa shape index (κ3) is 3.97. The number of hydrogen-bond donors (Lipinski definition) is 1. The molecule has 0 saturated carbocycles. The highest BCUT2D eigenvalue weighted by Crippen LogP contribution is 2.19. The van der Waals surface area contributed by atoms with Gasteiger partial charge in [-0.1, -0.05) is 18.2 Å². The molecular weight excluding hydrogens is 280 g/mol. The Morgan fingerprint density at radius 3 is 2.91 bits per heavy atom. The van der Waals surface area contributed by atoms with E-state index in [9.17, 15) is 9.59 Å². The predicted octanol–water partition coefficient (Wildman–Crippen LogP) is 2.19. The third-order valence-electron chi connectivity index (χ3n) is 3.48. The van der Waals surface area contributed by atoms with E-state index in [1.165, 1.54) is 24.1 Å². The van der Waals surface area contributed by atoms with Gasteiger partial charge in [0.2, 0.25) is 5.91 Å². The van der Waals surface area contributed by atoms with Crippen LogP contribution in [0.15, 0.2) is 42.6 Å². The summed E-state index contributed by atoms with van der Waals surface area (Å²) in [5.74, 6) is -0.479. The van der Waals surface area contributed by atoms with E-state index >= 15 is 0 Å². The molecule has 0 aliphatic rings. The lowest BCUT2D eigenvalue weighted by molar-refractivity contribution is -0.134. The van der Waals surface area contributed by atoms with Crippen LogP contribution in [-0.4, -0.2) is 30.1 Å². The van der Waals surface area contributed by atoms with Gasteiger partial charge in [-0.3, -0.25) is 4.79 Å². The van der Waals surface area contributed by atoms with Gasteiger partial charge in [-0.25, -0.2) is 4.79 Å². The summed E-state index contributed by atoms with van der Waals surface area (Å²) in [6.07, 6.45) is 5.26. The Hall–Kier alpha value is -2.56. The molecule has 2 aromatic rings. The summed E-state index contributed by atoms with van der Waals surface area (Å²) in [6.45, 7) is 3.02. The van der Waals surface area contributed by atoms with Crippen molar-refractivity contribution in [3.8, 4) is 0 Å². The van der Waals surface area contributed by atoms with E-state index in [0.717, 1.165) is 5.52 Å². The van der Waals surface area contributed by atoms with E-state index in [1.807, 2.05) is 12.3 Å². The Labute approximate surface area is 129 Å². The Kier molecular flexibility index (Phi) is 5.36. The molecule has 0 saturated heterocycles. The number of aryl methyl sites for hydroxylation is 2. The minimum Gasteiger partial charge on any atom is -0.466 e. The molecule has 1 aromatic heterocycles. The van der Waals surface area contributed by atoms with Crippen LogP contribution in [0.25, 0.3) is 10.9 Å². The summed E-state index contributed by atoms with van der Waals surface area (Å²) < 4.78 is 6.54. The van der Waals surface area contributed by atoms with Gasteiger partial charge in [0.05, 0.1) is 7.11 Å². The van der Waals surface area contributed by atoms with Gasteiger partial charge < -0.3 is 14.6 Å². The van der Waals surface area contributed by atoms with Crippen LogP contribution in [0.3, 0.4) is 0 Å². The molecule has 0 unspecified atom stereocenters. The lowest BCUT2D eigenvalue weighted by Gasteiger charge is -2.06. The number of methoxy groups -OCH3 is 1. The molecule has 1 N–H and O–H groups in total. The fourth-order valence-electron chi connectivity index (χ4n) is 2.28. The first-order valence-electron chi connectivity index (χ1n) is 7.17. The van der Waals surface area contributed by atoms with Gasteiger partial charge in [-0.05, 0) is 24.6 Å². The van der Waals surface area contributed by atoms with Crippen molar-refractivity contribution in [2.45, 2.75) is 19.9 Å². The smallest absolute Gasteiger partial charge is 0.330 e. The number of nitrogens with zero attached hydrogens (tertiary/aromatic N) is 1. The Morgan fingerprint density at radius 2 is 2.14 bits per heavy atom. The SMILES string of the molecule is COC(=O)/C=C/CNC(=O)CCn1ccc2c(C)cccc21. The van der Waals surface area contributed by atoms with E-state index in [1.54, 1.807) is 6.08 Å². The molecule has 1 aromatic carbocycles. The van der Waals surface area contributed by atoms with Crippen molar-refractivity contribution < 1.29 is 14.3 Å². The van der Waals surface area contributed by atoms with Gasteiger partial charge in [-0.2, -0.15) is 0 Å². The largest absolute Gasteiger partial charge is 0.466 e. The minimum atomic E-state index is -0.427. The molecule has 0 fully saturated rings. The van der Waals surface area contributed by atoms with E-state index in [4.69, 9.17) is 0 Å². The van der Waals surface area contributed by atoms with E-state index in [2.05, 4.69) is 39.7 Å². The molecule has 0 radical (unpaired) electrons. The normalized spacial score (nSPS) is 11.0. The number of hydrogen-bond acceptors (Lipinski definition) is 3. The molecule has 0 aliphatic heterocycles. The van der Waals surface area contributed by atoms with Crippen molar-refractivity contribution >= 4 is 22.8 Å². The zero-order valence-corrected chi connectivity index (χ0v) is 12.8. The fourth-order valence-corrected chi connectivity index (χ4v) is 2.28. The maximum absolute atomic E-state index is 11.8. The van der Waals surface area contributed by atoms with Crippen LogP contribution in [0.4, 0.5) is 0 Å².